The van der Waals surface area contributed by atoms with Gasteiger partial charge in [-0.1, -0.05) is 0 Å². The van der Waals surface area contributed by atoms with Crippen molar-refractivity contribution >= 4 is 6.03 Å². The van der Waals surface area contributed by atoms with Gasteiger partial charge in [-0.15, -0.1) is 0 Å². The van der Waals surface area contributed by atoms with Crippen LogP contribution in [0.1, 0.15) is 19.3 Å². The number of carbonyl (C=O) groups is 1. The monoisotopic (exact) mass is 247 g/mol. The van der Waals surface area contributed by atoms with Gasteiger partial charge in [-0.05, 0) is 19.3 Å². The highest BCUT2D eigenvalue weighted by Crippen LogP contribution is 2.59. The number of nitrogens with one attached hydrogen (secondary N) is 1. The van der Waals surface area contributed by atoms with Crippen molar-refractivity contribution in [2.75, 3.05) is 6.54 Å². The molecule has 17 heavy (non-hydrogen) atoms. The molecule has 1 heterocycles. The summed E-state index contributed by atoms with van der Waals surface area (Å²) in [5.41, 5.74) is -1.56. The van der Waals surface area contributed by atoms with E-state index in [0.717, 1.165) is 0 Å². The summed E-state index contributed by atoms with van der Waals surface area (Å²) in [6.45, 7) is 0.0243. The second-order valence-electron chi connectivity index (χ2n) is 4.23. The summed E-state index contributed by atoms with van der Waals surface area (Å²) in [7, 11) is 0. The van der Waals surface area contributed by atoms with Crippen molar-refractivity contribution in [3.63, 3.8) is 0 Å². The van der Waals surface area contributed by atoms with Gasteiger partial charge in [0.1, 0.15) is 6.33 Å². The smallest absolute Gasteiger partial charge is 0.337 e. The van der Waals surface area contributed by atoms with Gasteiger partial charge in [-0.3, -0.25) is 4.57 Å². The Balaban J connectivity index is 1.79. The number of hydrogen-bond donors (Lipinski definition) is 1. The first-order valence-electron chi connectivity index (χ1n) is 5.28. The van der Waals surface area contributed by atoms with Gasteiger partial charge in [0, 0.05) is 18.9 Å². The highest BCUT2D eigenvalue weighted by Gasteiger charge is 2.62. The third-order valence-corrected chi connectivity index (χ3v) is 3.07. The second kappa shape index (κ2) is 4.05. The van der Waals surface area contributed by atoms with Gasteiger partial charge in [0.2, 0.25) is 0 Å². The number of hydrogen-bond acceptors (Lipinski definition) is 2. The van der Waals surface area contributed by atoms with Crippen LogP contribution in [0.15, 0.2) is 18.7 Å². The molecule has 1 aromatic heterocycles. The van der Waals surface area contributed by atoms with Crippen LogP contribution in [-0.4, -0.2) is 28.3 Å². The fourth-order valence-electron chi connectivity index (χ4n) is 1.71. The number of carbonyl (C=O) groups excluding carboxylic acids is 1. The third-order valence-electron chi connectivity index (χ3n) is 3.07. The second-order valence-corrected chi connectivity index (χ2v) is 4.23. The molecule has 1 fully saturated rings. The van der Waals surface area contributed by atoms with Crippen LogP contribution in [0.4, 0.5) is 18.0 Å². The molecule has 1 amide bonds. The lowest BCUT2D eigenvalue weighted by Gasteiger charge is -2.18. The summed E-state index contributed by atoms with van der Waals surface area (Å²) in [5.74, 6) is 0. The molecule has 1 aliphatic rings. The van der Waals surface area contributed by atoms with E-state index >= 15 is 0 Å². The average Bonchev–Trinajstić information content (AvgIpc) is 2.85. The Kier molecular flexibility index (Phi) is 2.84. The zero-order valence-corrected chi connectivity index (χ0v) is 9.00. The number of rotatable bonds is 3. The third kappa shape index (κ3) is 2.42. The summed E-state index contributed by atoms with van der Waals surface area (Å²) >= 11 is 0. The molecule has 0 atom stereocenters. The summed E-state index contributed by atoms with van der Waals surface area (Å²) in [4.78, 5) is 15.1. The van der Waals surface area contributed by atoms with E-state index in [1.165, 1.54) is 23.3 Å². The van der Waals surface area contributed by atoms with E-state index in [9.17, 15) is 18.0 Å². The van der Waals surface area contributed by atoms with Crippen molar-refractivity contribution in [1.82, 2.24) is 14.9 Å². The lowest BCUT2D eigenvalue weighted by atomic mass is 10.0. The first kappa shape index (κ1) is 11.9. The first-order chi connectivity index (χ1) is 7.95. The molecule has 1 aromatic rings. The van der Waals surface area contributed by atoms with Crippen LogP contribution in [-0.2, 0) is 0 Å². The molecule has 0 saturated heterocycles. The lowest BCUT2D eigenvalue weighted by Crippen LogP contribution is -2.33. The predicted octanol–water partition coefficient (Wildman–Crippen LogP) is 2.17. The number of aromatic nitrogens is 2. The molecule has 0 unspecified atom stereocenters. The Labute approximate surface area is 95.8 Å². The molecule has 1 aliphatic carbocycles. The molecule has 0 bridgehead atoms. The number of amides is 1. The Hall–Kier alpha value is -1.53. The Bertz CT molecular complexity index is 395. The van der Waals surface area contributed by atoms with E-state index in [1.54, 1.807) is 0 Å². The normalized spacial score (nSPS) is 17.8. The maximum absolute atomic E-state index is 12.6. The molecule has 1 N–H and O–H groups in total. The van der Waals surface area contributed by atoms with Crippen molar-refractivity contribution < 1.29 is 18.0 Å². The van der Waals surface area contributed by atoms with Gasteiger partial charge in [0.25, 0.3) is 0 Å². The Morgan fingerprint density at radius 1 is 1.47 bits per heavy atom. The number of halogens is 3. The van der Waals surface area contributed by atoms with Crippen molar-refractivity contribution in [2.45, 2.75) is 25.4 Å². The molecule has 94 valence electrons. The summed E-state index contributed by atoms with van der Waals surface area (Å²) in [6, 6.07) is -0.458. The molecule has 2 rings (SSSR count). The highest BCUT2D eigenvalue weighted by molar-refractivity contribution is 5.76. The van der Waals surface area contributed by atoms with Gasteiger partial charge < -0.3 is 5.32 Å². The van der Waals surface area contributed by atoms with E-state index in [4.69, 9.17) is 0 Å². The summed E-state index contributed by atoms with van der Waals surface area (Å²) in [5, 5.41) is 2.44. The maximum atomic E-state index is 12.6. The highest BCUT2D eigenvalue weighted by atomic mass is 19.4. The van der Waals surface area contributed by atoms with Crippen molar-refractivity contribution in [3.05, 3.63) is 18.7 Å². The molecule has 1 saturated carbocycles. The standard InChI is InChI=1S/C10H12F3N3O/c11-10(12,13)9(1-2-9)3-4-15-8(17)16-6-5-14-7-16/h5-7H,1-4H2,(H,15,17). The minimum absolute atomic E-state index is 0.0243. The number of alkyl halides is 3. The minimum atomic E-state index is -4.16. The minimum Gasteiger partial charge on any atom is -0.337 e. The van der Waals surface area contributed by atoms with Crippen molar-refractivity contribution in [1.29, 1.82) is 0 Å². The Morgan fingerprint density at radius 2 is 2.18 bits per heavy atom. The van der Waals surface area contributed by atoms with Crippen molar-refractivity contribution in [2.24, 2.45) is 5.41 Å². The van der Waals surface area contributed by atoms with Gasteiger partial charge in [-0.25, -0.2) is 9.78 Å². The molecule has 0 radical (unpaired) electrons. The largest absolute Gasteiger partial charge is 0.394 e. The zero-order chi connectivity index (χ0) is 12.5. The molecular formula is C10H12F3N3O. The predicted molar refractivity (Wildman–Crippen MR) is 53.4 cm³/mol. The summed E-state index contributed by atoms with van der Waals surface area (Å²) < 4.78 is 38.9. The molecule has 7 heteroatoms. The van der Waals surface area contributed by atoms with Crippen LogP contribution in [0.2, 0.25) is 0 Å². The van der Waals surface area contributed by atoms with Gasteiger partial charge in [-0.2, -0.15) is 13.2 Å². The van der Waals surface area contributed by atoms with Crippen LogP contribution in [0.25, 0.3) is 0 Å². The topological polar surface area (TPSA) is 46.9 Å². The van der Waals surface area contributed by atoms with Crippen molar-refractivity contribution in [3.8, 4) is 0 Å². The number of nitrogens with zero attached hydrogens (tertiary/aromatic N) is 2. The Morgan fingerprint density at radius 3 is 2.65 bits per heavy atom. The van der Waals surface area contributed by atoms with Crippen LogP contribution in [0.5, 0.6) is 0 Å². The van der Waals surface area contributed by atoms with E-state index in [2.05, 4.69) is 10.3 Å². The first-order valence-corrected chi connectivity index (χ1v) is 5.28. The van der Waals surface area contributed by atoms with Gasteiger partial charge in [0.05, 0.1) is 5.41 Å². The lowest BCUT2D eigenvalue weighted by molar-refractivity contribution is -0.188. The van der Waals surface area contributed by atoms with E-state index in [1.807, 2.05) is 0 Å². The zero-order valence-electron chi connectivity index (χ0n) is 9.00. The van der Waals surface area contributed by atoms with Gasteiger partial charge >= 0.3 is 12.2 Å². The quantitative estimate of drug-likeness (QED) is 0.889. The van der Waals surface area contributed by atoms with E-state index in [0.29, 0.717) is 0 Å². The van der Waals surface area contributed by atoms with Crippen LogP contribution in [0.3, 0.4) is 0 Å². The molecule has 0 aliphatic heterocycles. The molecule has 0 aromatic carbocycles. The fourth-order valence-corrected chi connectivity index (χ4v) is 1.71. The molecule has 4 nitrogen and oxygen atoms in total. The van der Waals surface area contributed by atoms with Crippen LogP contribution in [0, 0.1) is 5.41 Å². The molecule has 0 spiro atoms. The van der Waals surface area contributed by atoms with E-state index in [-0.39, 0.29) is 25.8 Å². The molecular weight excluding hydrogens is 235 g/mol. The number of imidazole rings is 1. The maximum Gasteiger partial charge on any atom is 0.394 e. The van der Waals surface area contributed by atoms with E-state index < -0.39 is 17.6 Å². The average molecular weight is 247 g/mol. The SMILES string of the molecule is O=C(NCCC1(C(F)(F)F)CC1)n1ccnc1. The van der Waals surface area contributed by atoms with Crippen LogP contribution < -0.4 is 5.32 Å². The van der Waals surface area contributed by atoms with Gasteiger partial charge in [0.15, 0.2) is 0 Å². The summed E-state index contributed by atoms with van der Waals surface area (Å²) in [6.07, 6.45) is 0.272. The van der Waals surface area contributed by atoms with Crippen LogP contribution >= 0.6 is 0 Å². The fraction of sp³-hybridized carbons (Fsp3) is 0.600.